The number of carbonyl (C=O) groups excluding carboxylic acids is 1. The summed E-state index contributed by atoms with van der Waals surface area (Å²) in [5, 5.41) is 2.74. The van der Waals surface area contributed by atoms with Crippen molar-refractivity contribution in [2.24, 2.45) is 0 Å². The van der Waals surface area contributed by atoms with Gasteiger partial charge in [0.15, 0.2) is 0 Å². The first-order chi connectivity index (χ1) is 13.5. The lowest BCUT2D eigenvalue weighted by atomic mass is 10.2. The molecule has 0 radical (unpaired) electrons. The molecule has 0 atom stereocenters. The highest BCUT2D eigenvalue weighted by molar-refractivity contribution is 5.91. The molecule has 1 aromatic heterocycles. The number of carbonyl (C=O) groups is 1. The molecule has 2 aromatic carbocycles. The monoisotopic (exact) mass is 381 g/mol. The number of hydrogen-bond donors (Lipinski definition) is 1. The normalized spacial score (nSPS) is 10.5. The molecule has 0 unspecified atom stereocenters. The van der Waals surface area contributed by atoms with Crippen LogP contribution >= 0.6 is 0 Å². The molecule has 0 saturated heterocycles. The molecule has 0 aliphatic heterocycles. The number of halogens is 1. The number of ether oxygens (including phenoxy) is 1. The average molecular weight is 381 g/mol. The van der Waals surface area contributed by atoms with E-state index in [4.69, 9.17) is 4.74 Å². The number of aromatic nitrogens is 2. The highest BCUT2D eigenvalue weighted by atomic mass is 19.1. The van der Waals surface area contributed by atoms with Crippen LogP contribution in [-0.4, -0.2) is 22.6 Å². The highest BCUT2D eigenvalue weighted by Crippen LogP contribution is 2.19. The van der Waals surface area contributed by atoms with Gasteiger partial charge in [0.2, 0.25) is 5.91 Å². The Morgan fingerprint density at radius 3 is 2.61 bits per heavy atom. The number of nitrogens with zero attached hydrogens (tertiary/aromatic N) is 2. The van der Waals surface area contributed by atoms with E-state index in [0.717, 1.165) is 0 Å². The topological polar surface area (TPSA) is 73.2 Å². The van der Waals surface area contributed by atoms with Gasteiger partial charge >= 0.3 is 0 Å². The van der Waals surface area contributed by atoms with Gasteiger partial charge in [0.25, 0.3) is 5.56 Å². The SMILES string of the molecule is CCc1cc(=O)n(CC(=O)Nc2cccc(OC)c2)c(-c2ccc(F)cc2)n1. The van der Waals surface area contributed by atoms with Crippen LogP contribution in [-0.2, 0) is 17.8 Å². The maximum Gasteiger partial charge on any atom is 0.254 e. The first-order valence-electron chi connectivity index (χ1n) is 8.80. The summed E-state index contributed by atoms with van der Waals surface area (Å²) >= 11 is 0. The fourth-order valence-corrected chi connectivity index (χ4v) is 2.75. The van der Waals surface area contributed by atoms with E-state index in [-0.39, 0.29) is 23.8 Å². The van der Waals surface area contributed by atoms with Crippen LogP contribution in [0.1, 0.15) is 12.6 Å². The van der Waals surface area contributed by atoms with E-state index in [1.165, 1.54) is 42.0 Å². The van der Waals surface area contributed by atoms with Crippen molar-refractivity contribution in [1.29, 1.82) is 0 Å². The molecule has 7 heteroatoms. The molecule has 1 N–H and O–H groups in total. The standard InChI is InChI=1S/C21H20FN3O3/c1-3-16-12-20(27)25(21(24-16)14-7-9-15(22)10-8-14)13-19(26)23-17-5-4-6-18(11-17)28-2/h4-12H,3,13H2,1-2H3,(H,23,26). The van der Waals surface area contributed by atoms with Crippen molar-refractivity contribution in [3.8, 4) is 17.1 Å². The first kappa shape index (κ1) is 19.3. The van der Waals surface area contributed by atoms with Crippen LogP contribution in [0.2, 0.25) is 0 Å². The molecule has 1 heterocycles. The molecule has 0 fully saturated rings. The molecule has 0 aliphatic rings. The summed E-state index contributed by atoms with van der Waals surface area (Å²) in [6.07, 6.45) is 0.570. The molecule has 0 saturated carbocycles. The number of rotatable bonds is 6. The molecule has 1 amide bonds. The third-order valence-corrected chi connectivity index (χ3v) is 4.18. The summed E-state index contributed by atoms with van der Waals surface area (Å²) in [4.78, 5) is 29.6. The predicted molar refractivity (Wildman–Crippen MR) is 105 cm³/mol. The van der Waals surface area contributed by atoms with Crippen LogP contribution in [0.3, 0.4) is 0 Å². The van der Waals surface area contributed by atoms with Crippen LogP contribution in [0.4, 0.5) is 10.1 Å². The van der Waals surface area contributed by atoms with Gasteiger partial charge in [0.05, 0.1) is 7.11 Å². The fourth-order valence-electron chi connectivity index (χ4n) is 2.75. The molecule has 28 heavy (non-hydrogen) atoms. The maximum absolute atomic E-state index is 13.3. The smallest absolute Gasteiger partial charge is 0.254 e. The van der Waals surface area contributed by atoms with E-state index in [0.29, 0.717) is 34.9 Å². The Hall–Kier alpha value is -3.48. The molecule has 0 aliphatic carbocycles. The minimum atomic E-state index is -0.389. The van der Waals surface area contributed by atoms with E-state index < -0.39 is 0 Å². The van der Waals surface area contributed by atoms with Crippen molar-refractivity contribution in [3.63, 3.8) is 0 Å². The summed E-state index contributed by atoms with van der Waals surface area (Å²) < 4.78 is 19.7. The lowest BCUT2D eigenvalue weighted by molar-refractivity contribution is -0.116. The molecule has 3 aromatic rings. The summed E-state index contributed by atoms with van der Waals surface area (Å²) in [7, 11) is 1.54. The Morgan fingerprint density at radius 1 is 1.18 bits per heavy atom. The molecule has 6 nitrogen and oxygen atoms in total. The largest absolute Gasteiger partial charge is 0.497 e. The third kappa shape index (κ3) is 4.43. The van der Waals surface area contributed by atoms with Gasteiger partial charge in [0, 0.05) is 29.1 Å². The van der Waals surface area contributed by atoms with E-state index >= 15 is 0 Å². The first-order valence-corrected chi connectivity index (χ1v) is 8.80. The van der Waals surface area contributed by atoms with Gasteiger partial charge in [0.1, 0.15) is 23.9 Å². The van der Waals surface area contributed by atoms with Crippen molar-refractivity contribution in [1.82, 2.24) is 9.55 Å². The minimum Gasteiger partial charge on any atom is -0.497 e. The van der Waals surface area contributed by atoms with Crippen molar-refractivity contribution >= 4 is 11.6 Å². The molecule has 144 valence electrons. The number of methoxy groups -OCH3 is 1. The lowest BCUT2D eigenvalue weighted by Gasteiger charge is -2.14. The molecule has 3 rings (SSSR count). The number of anilines is 1. The Balaban J connectivity index is 1.93. The van der Waals surface area contributed by atoms with Gasteiger partial charge < -0.3 is 10.1 Å². The van der Waals surface area contributed by atoms with E-state index in [2.05, 4.69) is 10.3 Å². The number of aryl methyl sites for hydroxylation is 1. The van der Waals surface area contributed by atoms with E-state index in [1.807, 2.05) is 6.92 Å². The van der Waals surface area contributed by atoms with Crippen molar-refractivity contribution in [3.05, 3.63) is 76.5 Å². The van der Waals surface area contributed by atoms with Crippen molar-refractivity contribution in [2.75, 3.05) is 12.4 Å². The Kier molecular flexibility index (Phi) is 5.84. The van der Waals surface area contributed by atoms with Crippen molar-refractivity contribution in [2.45, 2.75) is 19.9 Å². The maximum atomic E-state index is 13.3. The van der Waals surface area contributed by atoms with Gasteiger partial charge in [-0.3, -0.25) is 14.2 Å². The number of amides is 1. The number of hydrogen-bond acceptors (Lipinski definition) is 4. The zero-order valence-electron chi connectivity index (χ0n) is 15.6. The van der Waals surface area contributed by atoms with Gasteiger partial charge in [-0.25, -0.2) is 9.37 Å². The van der Waals surface area contributed by atoms with Crippen LogP contribution in [0.15, 0.2) is 59.4 Å². The predicted octanol–water partition coefficient (Wildman–Crippen LogP) is 3.26. The number of nitrogens with one attached hydrogen (secondary N) is 1. The summed E-state index contributed by atoms with van der Waals surface area (Å²) in [6.45, 7) is 1.66. The third-order valence-electron chi connectivity index (χ3n) is 4.18. The van der Waals surface area contributed by atoms with Crippen LogP contribution in [0, 0.1) is 5.82 Å². The van der Waals surface area contributed by atoms with E-state index in [9.17, 15) is 14.0 Å². The Bertz CT molecular complexity index is 1050. The lowest BCUT2D eigenvalue weighted by Crippen LogP contribution is -2.30. The zero-order chi connectivity index (χ0) is 20.1. The van der Waals surface area contributed by atoms with Crippen LogP contribution in [0.5, 0.6) is 5.75 Å². The van der Waals surface area contributed by atoms with Gasteiger partial charge in [-0.05, 0) is 42.8 Å². The minimum absolute atomic E-state index is 0.222. The summed E-state index contributed by atoms with van der Waals surface area (Å²) in [5.74, 6) is 0.158. The second kappa shape index (κ2) is 8.47. The molecule has 0 spiro atoms. The highest BCUT2D eigenvalue weighted by Gasteiger charge is 2.14. The fraction of sp³-hybridized carbons (Fsp3) is 0.190. The second-order valence-electron chi connectivity index (χ2n) is 6.14. The second-order valence-corrected chi connectivity index (χ2v) is 6.14. The van der Waals surface area contributed by atoms with Gasteiger partial charge in [-0.15, -0.1) is 0 Å². The zero-order valence-corrected chi connectivity index (χ0v) is 15.6. The quantitative estimate of drug-likeness (QED) is 0.711. The summed E-state index contributed by atoms with van der Waals surface area (Å²) in [5.41, 5.74) is 1.38. The van der Waals surface area contributed by atoms with Crippen LogP contribution in [0.25, 0.3) is 11.4 Å². The molecular weight excluding hydrogens is 361 g/mol. The molecular formula is C21H20FN3O3. The average Bonchev–Trinajstić information content (AvgIpc) is 2.70. The van der Waals surface area contributed by atoms with Gasteiger partial charge in [-0.2, -0.15) is 0 Å². The van der Waals surface area contributed by atoms with Crippen LogP contribution < -0.4 is 15.6 Å². The summed E-state index contributed by atoms with van der Waals surface area (Å²) in [6, 6.07) is 14.0. The Morgan fingerprint density at radius 2 is 1.93 bits per heavy atom. The molecule has 0 bridgehead atoms. The number of benzene rings is 2. The van der Waals surface area contributed by atoms with Crippen molar-refractivity contribution < 1.29 is 13.9 Å². The van der Waals surface area contributed by atoms with E-state index in [1.54, 1.807) is 24.3 Å². The van der Waals surface area contributed by atoms with Gasteiger partial charge in [-0.1, -0.05) is 13.0 Å². The Labute approximate surface area is 161 Å².